The largest absolute Gasteiger partial charge is 0.463 e. The normalized spacial score (nSPS) is 10.4. The molecule has 2 rings (SSSR count). The van der Waals surface area contributed by atoms with E-state index in [0.717, 1.165) is 24.4 Å². The number of aromatic amines is 1. The number of ether oxygens (including phenoxy) is 1. The average Bonchev–Trinajstić information content (AvgIpc) is 3.00. The second-order valence-corrected chi connectivity index (χ2v) is 4.41. The zero-order valence-electron chi connectivity index (χ0n) is 10.6. The Balaban J connectivity index is 2.05. The third kappa shape index (κ3) is 3.25. The fraction of sp³-hybridized carbons (Fsp3) is 0.500. The summed E-state index contributed by atoms with van der Waals surface area (Å²) in [7, 11) is 0. The molecule has 2 heterocycles. The van der Waals surface area contributed by atoms with Crippen molar-refractivity contribution in [3.8, 4) is 6.01 Å². The van der Waals surface area contributed by atoms with E-state index in [2.05, 4.69) is 30.1 Å². The zero-order valence-corrected chi connectivity index (χ0v) is 11.5. The van der Waals surface area contributed by atoms with Crippen LogP contribution in [0, 0.1) is 0 Å². The lowest BCUT2D eigenvalue weighted by atomic mass is 10.2. The Morgan fingerprint density at radius 3 is 3.05 bits per heavy atom. The van der Waals surface area contributed by atoms with E-state index in [0.29, 0.717) is 17.2 Å². The van der Waals surface area contributed by atoms with Crippen molar-refractivity contribution in [2.45, 2.75) is 26.7 Å². The Morgan fingerprint density at radius 1 is 1.47 bits per heavy atom. The Kier molecular flexibility index (Phi) is 4.39. The Hall–Kier alpha value is -2.03. The minimum atomic E-state index is -0.294. The van der Waals surface area contributed by atoms with Gasteiger partial charge in [-0.2, -0.15) is 4.98 Å². The standard InChI is InChI=1S/C10H14N6O2S/c1-3-5-6-7(19-16-13-6)8(17)11-9-12-10(15-14-9)18-4-2/h3-5H2,1-2H3,(H2,11,12,14,15,17). The van der Waals surface area contributed by atoms with Crippen molar-refractivity contribution in [3.05, 3.63) is 10.6 Å². The number of carbonyl (C=O) groups is 1. The highest BCUT2D eigenvalue weighted by Crippen LogP contribution is 2.14. The van der Waals surface area contributed by atoms with Gasteiger partial charge in [0.1, 0.15) is 4.88 Å². The quantitative estimate of drug-likeness (QED) is 0.826. The molecular weight excluding hydrogens is 268 g/mol. The number of aromatic nitrogens is 5. The topological polar surface area (TPSA) is 106 Å². The van der Waals surface area contributed by atoms with Crippen molar-refractivity contribution in [1.29, 1.82) is 0 Å². The van der Waals surface area contributed by atoms with Crippen molar-refractivity contribution in [2.75, 3.05) is 11.9 Å². The van der Waals surface area contributed by atoms with E-state index in [4.69, 9.17) is 4.74 Å². The molecule has 0 fully saturated rings. The summed E-state index contributed by atoms with van der Waals surface area (Å²) < 4.78 is 8.89. The summed E-state index contributed by atoms with van der Waals surface area (Å²) in [5.41, 5.74) is 0.703. The predicted octanol–water partition coefficient (Wildman–Crippen LogP) is 1.26. The fourth-order valence-corrected chi connectivity index (χ4v) is 2.04. The fourth-order valence-electron chi connectivity index (χ4n) is 1.44. The lowest BCUT2D eigenvalue weighted by Gasteiger charge is -1.99. The number of rotatable bonds is 6. The van der Waals surface area contributed by atoms with Gasteiger partial charge in [-0.25, -0.2) is 5.10 Å². The van der Waals surface area contributed by atoms with Crippen molar-refractivity contribution >= 4 is 23.4 Å². The molecular formula is C10H14N6O2S. The van der Waals surface area contributed by atoms with Crippen LogP contribution in [0.3, 0.4) is 0 Å². The number of hydrogen-bond donors (Lipinski definition) is 2. The molecule has 2 aromatic heterocycles. The van der Waals surface area contributed by atoms with Crippen LogP contribution in [0.4, 0.5) is 5.95 Å². The maximum absolute atomic E-state index is 12.0. The van der Waals surface area contributed by atoms with Gasteiger partial charge in [0.2, 0.25) is 5.95 Å². The van der Waals surface area contributed by atoms with Gasteiger partial charge in [0.25, 0.3) is 5.91 Å². The van der Waals surface area contributed by atoms with Crippen molar-refractivity contribution in [3.63, 3.8) is 0 Å². The highest BCUT2D eigenvalue weighted by Gasteiger charge is 2.17. The Labute approximate surface area is 113 Å². The maximum Gasteiger partial charge on any atom is 0.337 e. The van der Waals surface area contributed by atoms with Crippen LogP contribution < -0.4 is 10.1 Å². The number of hydrogen-bond acceptors (Lipinski definition) is 7. The predicted molar refractivity (Wildman–Crippen MR) is 69.4 cm³/mol. The van der Waals surface area contributed by atoms with Crippen LogP contribution >= 0.6 is 11.5 Å². The molecule has 0 spiro atoms. The van der Waals surface area contributed by atoms with Gasteiger partial charge in [-0.05, 0) is 24.9 Å². The molecule has 1 amide bonds. The van der Waals surface area contributed by atoms with Gasteiger partial charge in [0, 0.05) is 0 Å². The second kappa shape index (κ2) is 6.23. The van der Waals surface area contributed by atoms with Gasteiger partial charge in [-0.3, -0.25) is 10.1 Å². The third-order valence-electron chi connectivity index (χ3n) is 2.22. The monoisotopic (exact) mass is 282 g/mol. The molecule has 0 aromatic carbocycles. The Morgan fingerprint density at radius 2 is 2.32 bits per heavy atom. The molecule has 0 radical (unpaired) electrons. The van der Waals surface area contributed by atoms with Gasteiger partial charge in [-0.15, -0.1) is 10.2 Å². The van der Waals surface area contributed by atoms with Crippen molar-refractivity contribution in [2.24, 2.45) is 0 Å². The maximum atomic E-state index is 12.0. The van der Waals surface area contributed by atoms with Crippen LogP contribution in [0.25, 0.3) is 0 Å². The molecule has 0 saturated heterocycles. The first-order valence-electron chi connectivity index (χ1n) is 5.92. The van der Waals surface area contributed by atoms with Crippen LogP contribution in [0.5, 0.6) is 6.01 Å². The van der Waals surface area contributed by atoms with E-state index in [9.17, 15) is 4.79 Å². The summed E-state index contributed by atoms with van der Waals surface area (Å²) in [6.45, 7) is 4.31. The summed E-state index contributed by atoms with van der Waals surface area (Å²) in [6, 6.07) is 0.203. The number of nitrogens with zero attached hydrogens (tertiary/aromatic N) is 4. The molecule has 2 aromatic rings. The van der Waals surface area contributed by atoms with Gasteiger partial charge >= 0.3 is 6.01 Å². The molecule has 19 heavy (non-hydrogen) atoms. The Bertz CT molecular complexity index is 552. The molecule has 9 heteroatoms. The van der Waals surface area contributed by atoms with E-state index in [1.807, 2.05) is 13.8 Å². The van der Waals surface area contributed by atoms with Crippen molar-refractivity contribution in [1.82, 2.24) is 24.8 Å². The first kappa shape index (κ1) is 13.4. The third-order valence-corrected chi connectivity index (χ3v) is 2.99. The van der Waals surface area contributed by atoms with E-state index in [-0.39, 0.29) is 17.9 Å². The van der Waals surface area contributed by atoms with Gasteiger partial charge in [-0.1, -0.05) is 17.8 Å². The van der Waals surface area contributed by atoms with E-state index < -0.39 is 0 Å². The van der Waals surface area contributed by atoms with Crippen LogP contribution in [-0.4, -0.2) is 37.3 Å². The summed E-state index contributed by atoms with van der Waals surface area (Å²) in [6.07, 6.45) is 1.63. The first-order valence-corrected chi connectivity index (χ1v) is 6.69. The minimum absolute atomic E-state index is 0.203. The molecule has 0 saturated carbocycles. The molecule has 0 bridgehead atoms. The first-order chi connectivity index (χ1) is 9.24. The van der Waals surface area contributed by atoms with E-state index in [1.165, 1.54) is 0 Å². The summed E-state index contributed by atoms with van der Waals surface area (Å²) in [5.74, 6) is -0.0538. The van der Waals surface area contributed by atoms with Crippen LogP contribution in [0.2, 0.25) is 0 Å². The van der Waals surface area contributed by atoms with Crippen LogP contribution in [-0.2, 0) is 6.42 Å². The van der Waals surface area contributed by atoms with Gasteiger partial charge < -0.3 is 4.74 Å². The van der Waals surface area contributed by atoms with E-state index in [1.54, 1.807) is 0 Å². The zero-order chi connectivity index (χ0) is 13.7. The van der Waals surface area contributed by atoms with Crippen molar-refractivity contribution < 1.29 is 9.53 Å². The number of H-pyrrole nitrogens is 1. The highest BCUT2D eigenvalue weighted by atomic mass is 32.1. The SMILES string of the molecule is CCCc1nnsc1C(=O)Nc1nc(OCC)n[nH]1. The molecule has 2 N–H and O–H groups in total. The number of aryl methyl sites for hydroxylation is 1. The highest BCUT2D eigenvalue weighted by molar-refractivity contribution is 7.08. The lowest BCUT2D eigenvalue weighted by Crippen LogP contribution is -2.13. The van der Waals surface area contributed by atoms with Crippen LogP contribution in [0.15, 0.2) is 0 Å². The summed E-state index contributed by atoms with van der Waals surface area (Å²) >= 11 is 1.07. The summed E-state index contributed by atoms with van der Waals surface area (Å²) in [5, 5.41) is 12.9. The number of nitrogens with one attached hydrogen (secondary N) is 2. The van der Waals surface area contributed by atoms with Gasteiger partial charge in [0.05, 0.1) is 12.3 Å². The number of anilines is 1. The molecule has 0 aliphatic rings. The molecule has 102 valence electrons. The van der Waals surface area contributed by atoms with Gasteiger partial charge in [0.15, 0.2) is 0 Å². The molecule has 8 nitrogen and oxygen atoms in total. The molecule has 0 aliphatic carbocycles. The van der Waals surface area contributed by atoms with Crippen LogP contribution in [0.1, 0.15) is 35.6 Å². The van der Waals surface area contributed by atoms with E-state index >= 15 is 0 Å². The number of carbonyl (C=O) groups excluding carboxylic acids is 1. The average molecular weight is 282 g/mol. The second-order valence-electron chi connectivity index (χ2n) is 3.65. The summed E-state index contributed by atoms with van der Waals surface area (Å²) in [4.78, 5) is 16.5. The molecule has 0 unspecified atom stereocenters. The molecule has 0 atom stereocenters. The smallest absolute Gasteiger partial charge is 0.337 e. The molecule has 0 aliphatic heterocycles. The lowest BCUT2D eigenvalue weighted by molar-refractivity contribution is 0.102. The number of amides is 1. The minimum Gasteiger partial charge on any atom is -0.463 e.